The van der Waals surface area contributed by atoms with Crippen LogP contribution >= 0.6 is 15.9 Å². The fraction of sp³-hybridized carbons (Fsp3) is 0.188. The van der Waals surface area contributed by atoms with Crippen molar-refractivity contribution in [2.75, 3.05) is 31.4 Å². The zero-order chi connectivity index (χ0) is 15.4. The van der Waals surface area contributed by atoms with Crippen molar-refractivity contribution < 1.29 is 9.53 Å². The van der Waals surface area contributed by atoms with Gasteiger partial charge in [-0.2, -0.15) is 0 Å². The summed E-state index contributed by atoms with van der Waals surface area (Å²) in [7, 11) is 5.49. The molecular formula is C16H17BrN2O2. The number of benzene rings is 2. The molecule has 0 saturated heterocycles. The van der Waals surface area contributed by atoms with E-state index < -0.39 is 0 Å². The number of rotatable bonds is 4. The Labute approximate surface area is 132 Å². The Balaban J connectivity index is 2.24. The van der Waals surface area contributed by atoms with Crippen LogP contribution in [0.3, 0.4) is 0 Å². The third-order valence-corrected chi connectivity index (χ3v) is 3.73. The van der Waals surface area contributed by atoms with Crippen molar-refractivity contribution in [1.82, 2.24) is 0 Å². The second kappa shape index (κ2) is 6.63. The van der Waals surface area contributed by atoms with Crippen molar-refractivity contribution in [2.45, 2.75) is 0 Å². The Morgan fingerprint density at radius 1 is 1.19 bits per heavy atom. The van der Waals surface area contributed by atoms with Crippen LogP contribution in [-0.2, 0) is 0 Å². The molecule has 0 aliphatic carbocycles. The van der Waals surface area contributed by atoms with Crippen molar-refractivity contribution >= 4 is 33.2 Å². The molecule has 110 valence electrons. The van der Waals surface area contributed by atoms with Crippen LogP contribution in [0, 0.1) is 0 Å². The topological polar surface area (TPSA) is 41.6 Å². The molecule has 2 aromatic rings. The highest BCUT2D eigenvalue weighted by Crippen LogP contribution is 2.24. The van der Waals surface area contributed by atoms with E-state index in [4.69, 9.17) is 4.74 Å². The van der Waals surface area contributed by atoms with Crippen LogP contribution < -0.4 is 15.0 Å². The fourth-order valence-corrected chi connectivity index (χ4v) is 2.29. The second-order valence-corrected chi connectivity index (χ2v) is 5.60. The van der Waals surface area contributed by atoms with Crippen molar-refractivity contribution in [3.05, 3.63) is 52.5 Å². The van der Waals surface area contributed by atoms with E-state index in [0.29, 0.717) is 11.3 Å². The molecule has 2 aromatic carbocycles. The van der Waals surface area contributed by atoms with Gasteiger partial charge in [-0.15, -0.1) is 0 Å². The number of carbonyl (C=O) groups is 1. The van der Waals surface area contributed by atoms with Crippen LogP contribution in [0.2, 0.25) is 0 Å². The largest absolute Gasteiger partial charge is 0.497 e. The third kappa shape index (κ3) is 3.76. The van der Waals surface area contributed by atoms with E-state index in [1.165, 1.54) is 0 Å². The number of anilines is 2. The molecule has 0 spiro atoms. The minimum Gasteiger partial charge on any atom is -0.497 e. The van der Waals surface area contributed by atoms with Crippen molar-refractivity contribution in [3.63, 3.8) is 0 Å². The predicted octanol–water partition coefficient (Wildman–Crippen LogP) is 3.78. The molecule has 2 rings (SSSR count). The number of nitrogens with one attached hydrogen (secondary N) is 1. The molecule has 4 nitrogen and oxygen atoms in total. The average Bonchev–Trinajstić information content (AvgIpc) is 2.48. The molecule has 0 heterocycles. The van der Waals surface area contributed by atoms with E-state index in [9.17, 15) is 4.79 Å². The number of carbonyl (C=O) groups excluding carboxylic acids is 1. The Morgan fingerprint density at radius 3 is 2.62 bits per heavy atom. The van der Waals surface area contributed by atoms with Gasteiger partial charge in [-0.05, 0) is 52.3 Å². The summed E-state index contributed by atoms with van der Waals surface area (Å²) in [6.07, 6.45) is 0. The molecule has 0 radical (unpaired) electrons. The van der Waals surface area contributed by atoms with Gasteiger partial charge in [0.15, 0.2) is 0 Å². The van der Waals surface area contributed by atoms with Crippen LogP contribution in [0.5, 0.6) is 5.75 Å². The lowest BCUT2D eigenvalue weighted by Gasteiger charge is -2.14. The van der Waals surface area contributed by atoms with Gasteiger partial charge in [0.05, 0.1) is 12.7 Å². The van der Waals surface area contributed by atoms with Gasteiger partial charge in [0.2, 0.25) is 0 Å². The second-order valence-electron chi connectivity index (χ2n) is 4.74. The summed E-state index contributed by atoms with van der Waals surface area (Å²) in [5, 5.41) is 2.89. The van der Waals surface area contributed by atoms with Crippen molar-refractivity contribution in [2.24, 2.45) is 0 Å². The maximum atomic E-state index is 12.4. The molecule has 0 bridgehead atoms. The highest BCUT2D eigenvalue weighted by atomic mass is 79.9. The van der Waals surface area contributed by atoms with Gasteiger partial charge < -0.3 is 15.0 Å². The summed E-state index contributed by atoms with van der Waals surface area (Å²) >= 11 is 3.39. The van der Waals surface area contributed by atoms with E-state index in [1.807, 2.05) is 43.3 Å². The molecule has 1 N–H and O–H groups in total. The maximum Gasteiger partial charge on any atom is 0.256 e. The molecular weight excluding hydrogens is 332 g/mol. The highest BCUT2D eigenvalue weighted by molar-refractivity contribution is 9.10. The standard InChI is InChI=1S/C16H17BrN2O2/c1-19(2)12-6-4-5-11(9-12)18-16(20)14-10-13(21-3)7-8-15(14)17/h4-10H,1-3H3,(H,18,20). The number of hydrogen-bond acceptors (Lipinski definition) is 3. The van der Waals surface area contributed by atoms with Crippen LogP contribution in [0.4, 0.5) is 11.4 Å². The zero-order valence-electron chi connectivity index (χ0n) is 12.2. The number of hydrogen-bond donors (Lipinski definition) is 1. The SMILES string of the molecule is COc1ccc(Br)c(C(=O)Nc2cccc(N(C)C)c2)c1. The maximum absolute atomic E-state index is 12.4. The molecule has 0 saturated carbocycles. The monoisotopic (exact) mass is 348 g/mol. The molecule has 21 heavy (non-hydrogen) atoms. The summed E-state index contributed by atoms with van der Waals surface area (Å²) in [4.78, 5) is 14.4. The van der Waals surface area contributed by atoms with E-state index in [-0.39, 0.29) is 5.91 Å². The molecule has 0 aromatic heterocycles. The predicted molar refractivity (Wildman–Crippen MR) is 89.4 cm³/mol. The van der Waals surface area contributed by atoms with Gasteiger partial charge in [0.1, 0.15) is 5.75 Å². The van der Waals surface area contributed by atoms with Gasteiger partial charge in [0, 0.05) is 29.9 Å². The summed E-state index contributed by atoms with van der Waals surface area (Å²) in [6, 6.07) is 13.0. The summed E-state index contributed by atoms with van der Waals surface area (Å²) in [6.45, 7) is 0. The molecule has 0 aliphatic heterocycles. The summed E-state index contributed by atoms with van der Waals surface area (Å²) in [5.41, 5.74) is 2.31. The Bertz CT molecular complexity index is 656. The fourth-order valence-electron chi connectivity index (χ4n) is 1.87. The van der Waals surface area contributed by atoms with Gasteiger partial charge in [-0.25, -0.2) is 0 Å². The number of amides is 1. The molecule has 0 unspecified atom stereocenters. The van der Waals surface area contributed by atoms with Crippen LogP contribution in [0.1, 0.15) is 10.4 Å². The summed E-state index contributed by atoms with van der Waals surface area (Å²) < 4.78 is 5.88. The Kier molecular flexibility index (Phi) is 4.85. The molecule has 1 amide bonds. The normalized spacial score (nSPS) is 10.1. The Morgan fingerprint density at radius 2 is 1.95 bits per heavy atom. The summed E-state index contributed by atoms with van der Waals surface area (Å²) in [5.74, 6) is 0.460. The lowest BCUT2D eigenvalue weighted by Crippen LogP contribution is -2.14. The van der Waals surface area contributed by atoms with Gasteiger partial charge >= 0.3 is 0 Å². The first kappa shape index (κ1) is 15.4. The van der Waals surface area contributed by atoms with Gasteiger partial charge in [-0.1, -0.05) is 6.07 Å². The molecule has 0 atom stereocenters. The average molecular weight is 349 g/mol. The smallest absolute Gasteiger partial charge is 0.256 e. The van der Waals surface area contributed by atoms with E-state index >= 15 is 0 Å². The molecule has 0 fully saturated rings. The van der Waals surface area contributed by atoms with Crippen LogP contribution in [0.15, 0.2) is 46.9 Å². The molecule has 5 heteroatoms. The first-order valence-corrected chi connectivity index (χ1v) is 7.23. The van der Waals surface area contributed by atoms with Crippen molar-refractivity contribution in [1.29, 1.82) is 0 Å². The van der Waals surface area contributed by atoms with E-state index in [0.717, 1.165) is 15.8 Å². The third-order valence-electron chi connectivity index (χ3n) is 3.04. The Hall–Kier alpha value is -2.01. The zero-order valence-corrected chi connectivity index (χ0v) is 13.8. The van der Waals surface area contributed by atoms with E-state index in [1.54, 1.807) is 25.3 Å². The minimum atomic E-state index is -0.184. The number of nitrogens with zero attached hydrogens (tertiary/aromatic N) is 1. The van der Waals surface area contributed by atoms with E-state index in [2.05, 4.69) is 21.2 Å². The first-order chi connectivity index (χ1) is 10.0. The highest BCUT2D eigenvalue weighted by Gasteiger charge is 2.12. The van der Waals surface area contributed by atoms with Gasteiger partial charge in [0.25, 0.3) is 5.91 Å². The van der Waals surface area contributed by atoms with Gasteiger partial charge in [-0.3, -0.25) is 4.79 Å². The molecule has 0 aliphatic rings. The number of ether oxygens (including phenoxy) is 1. The first-order valence-electron chi connectivity index (χ1n) is 6.43. The lowest BCUT2D eigenvalue weighted by molar-refractivity contribution is 0.102. The number of methoxy groups -OCH3 is 1. The number of halogens is 1. The van der Waals surface area contributed by atoms with Crippen LogP contribution in [-0.4, -0.2) is 27.1 Å². The minimum absolute atomic E-state index is 0.184. The quantitative estimate of drug-likeness (QED) is 0.914. The van der Waals surface area contributed by atoms with Crippen molar-refractivity contribution in [3.8, 4) is 5.75 Å². The lowest BCUT2D eigenvalue weighted by atomic mass is 10.2. The van der Waals surface area contributed by atoms with Crippen LogP contribution in [0.25, 0.3) is 0 Å².